The van der Waals surface area contributed by atoms with Gasteiger partial charge in [-0.2, -0.15) is 5.26 Å². The van der Waals surface area contributed by atoms with Crippen molar-refractivity contribution in [3.8, 4) is 6.07 Å². The lowest BCUT2D eigenvalue weighted by molar-refractivity contribution is 0.0700. The van der Waals surface area contributed by atoms with E-state index in [1.54, 1.807) is 11.1 Å². The minimum Gasteiger partial charge on any atom is -0.337 e. The molecule has 1 aliphatic heterocycles. The van der Waals surface area contributed by atoms with E-state index in [2.05, 4.69) is 11.1 Å². The molecule has 0 atom stereocenters. The van der Waals surface area contributed by atoms with E-state index < -0.39 is 0 Å². The van der Waals surface area contributed by atoms with Gasteiger partial charge in [0, 0.05) is 25.2 Å². The van der Waals surface area contributed by atoms with Crippen LogP contribution in [0.4, 0.5) is 0 Å². The third kappa shape index (κ3) is 2.44. The van der Waals surface area contributed by atoms with Crippen LogP contribution in [0.25, 0.3) is 0 Å². The molecule has 0 aliphatic carbocycles. The smallest absolute Gasteiger partial charge is 0.272 e. The first-order chi connectivity index (χ1) is 8.22. The predicted octanol–water partition coefficient (Wildman–Crippen LogP) is 1.77. The van der Waals surface area contributed by atoms with Crippen LogP contribution < -0.4 is 0 Å². The highest BCUT2D eigenvalue weighted by atomic mass is 16.2. The number of piperidine rings is 1. The molecule has 88 valence electrons. The molecule has 0 bridgehead atoms. The summed E-state index contributed by atoms with van der Waals surface area (Å²) >= 11 is 0. The van der Waals surface area contributed by atoms with Gasteiger partial charge in [0.25, 0.3) is 5.91 Å². The van der Waals surface area contributed by atoms with E-state index in [0.717, 1.165) is 18.4 Å². The molecule has 0 spiro atoms. The number of aryl methyl sites for hydroxylation is 1. The number of carbonyl (C=O) groups is 1. The predicted molar refractivity (Wildman–Crippen MR) is 63.2 cm³/mol. The van der Waals surface area contributed by atoms with Crippen LogP contribution in [0.5, 0.6) is 0 Å². The Morgan fingerprint density at radius 1 is 1.53 bits per heavy atom. The maximum atomic E-state index is 12.2. The molecule has 0 N–H and O–H groups in total. The zero-order chi connectivity index (χ0) is 12.3. The van der Waals surface area contributed by atoms with Crippen LogP contribution in [0, 0.1) is 24.2 Å². The number of amides is 1. The molecule has 0 saturated carbocycles. The Kier molecular flexibility index (Phi) is 3.38. The summed E-state index contributed by atoms with van der Waals surface area (Å²) in [6.07, 6.45) is 3.19. The van der Waals surface area contributed by atoms with E-state index in [1.807, 2.05) is 19.1 Å². The molecule has 0 aromatic carbocycles. The second-order valence-corrected chi connectivity index (χ2v) is 4.36. The summed E-state index contributed by atoms with van der Waals surface area (Å²) in [5, 5.41) is 8.81. The van der Waals surface area contributed by atoms with E-state index >= 15 is 0 Å². The van der Waals surface area contributed by atoms with Gasteiger partial charge in [0.1, 0.15) is 5.69 Å². The maximum Gasteiger partial charge on any atom is 0.272 e. The molecule has 1 amide bonds. The number of rotatable bonds is 1. The Bertz CT molecular complexity index is 456. The molecule has 1 saturated heterocycles. The van der Waals surface area contributed by atoms with Crippen LogP contribution in [-0.2, 0) is 0 Å². The van der Waals surface area contributed by atoms with Crippen LogP contribution in [0.1, 0.15) is 28.9 Å². The minimum atomic E-state index is -0.0144. The highest BCUT2D eigenvalue weighted by Crippen LogP contribution is 2.18. The van der Waals surface area contributed by atoms with Gasteiger partial charge in [-0.25, -0.2) is 0 Å². The Morgan fingerprint density at radius 2 is 2.24 bits per heavy atom. The molecule has 2 rings (SSSR count). The number of likely N-dealkylation sites (tertiary alicyclic amines) is 1. The molecular weight excluding hydrogens is 214 g/mol. The summed E-state index contributed by atoms with van der Waals surface area (Å²) in [4.78, 5) is 18.1. The van der Waals surface area contributed by atoms with Crippen molar-refractivity contribution < 1.29 is 4.79 Å². The lowest BCUT2D eigenvalue weighted by atomic mass is 9.98. The van der Waals surface area contributed by atoms with Gasteiger partial charge in [0.2, 0.25) is 0 Å². The lowest BCUT2D eigenvalue weighted by Crippen LogP contribution is -2.38. The first-order valence-corrected chi connectivity index (χ1v) is 5.83. The zero-order valence-electron chi connectivity index (χ0n) is 9.89. The second kappa shape index (κ2) is 4.96. The fourth-order valence-electron chi connectivity index (χ4n) is 2.07. The maximum absolute atomic E-state index is 12.2. The van der Waals surface area contributed by atoms with Crippen molar-refractivity contribution >= 4 is 5.91 Å². The Morgan fingerprint density at radius 3 is 2.82 bits per heavy atom. The van der Waals surface area contributed by atoms with E-state index in [4.69, 9.17) is 5.26 Å². The number of carbonyl (C=O) groups excluding carboxylic acids is 1. The van der Waals surface area contributed by atoms with Crippen molar-refractivity contribution in [3.63, 3.8) is 0 Å². The molecule has 0 unspecified atom stereocenters. The largest absolute Gasteiger partial charge is 0.337 e. The number of hydrogen-bond acceptors (Lipinski definition) is 3. The molecule has 1 aromatic heterocycles. The normalized spacial score (nSPS) is 16.6. The van der Waals surface area contributed by atoms with E-state index in [9.17, 15) is 4.79 Å². The summed E-state index contributed by atoms with van der Waals surface area (Å²) in [7, 11) is 0. The number of hydrogen-bond donors (Lipinski definition) is 0. The first kappa shape index (κ1) is 11.6. The van der Waals surface area contributed by atoms with Crippen LogP contribution in [-0.4, -0.2) is 28.9 Å². The molecule has 0 radical (unpaired) electrons. The van der Waals surface area contributed by atoms with Gasteiger partial charge in [-0.3, -0.25) is 9.78 Å². The molecule has 1 aliphatic rings. The van der Waals surface area contributed by atoms with Gasteiger partial charge in [0.15, 0.2) is 0 Å². The lowest BCUT2D eigenvalue weighted by Gasteiger charge is -2.29. The minimum absolute atomic E-state index is 0.0144. The monoisotopic (exact) mass is 229 g/mol. The Balaban J connectivity index is 2.08. The van der Waals surface area contributed by atoms with Gasteiger partial charge in [-0.15, -0.1) is 0 Å². The number of nitriles is 1. The quantitative estimate of drug-likeness (QED) is 0.737. The van der Waals surface area contributed by atoms with Crippen molar-refractivity contribution in [3.05, 3.63) is 29.6 Å². The molecule has 1 aromatic rings. The summed E-state index contributed by atoms with van der Waals surface area (Å²) < 4.78 is 0. The average molecular weight is 229 g/mol. The Hall–Kier alpha value is -1.89. The number of pyridine rings is 1. The first-order valence-electron chi connectivity index (χ1n) is 5.83. The number of aromatic nitrogens is 1. The van der Waals surface area contributed by atoms with Crippen LogP contribution in [0.2, 0.25) is 0 Å². The average Bonchev–Trinajstić information content (AvgIpc) is 2.39. The molecule has 4 nitrogen and oxygen atoms in total. The van der Waals surface area contributed by atoms with E-state index in [0.29, 0.717) is 18.8 Å². The molecular formula is C13H15N3O. The third-order valence-corrected chi connectivity index (χ3v) is 3.18. The summed E-state index contributed by atoms with van der Waals surface area (Å²) in [5.74, 6) is 0.0865. The Labute approximate surface area is 101 Å². The summed E-state index contributed by atoms with van der Waals surface area (Å²) in [6.45, 7) is 3.21. The number of nitrogens with zero attached hydrogens (tertiary/aromatic N) is 3. The summed E-state index contributed by atoms with van der Waals surface area (Å²) in [6, 6.07) is 5.98. The molecule has 4 heteroatoms. The standard InChI is InChI=1S/C13H15N3O/c1-10-3-2-6-15-12(10)13(17)16-7-4-11(9-14)5-8-16/h2-3,6,11H,4-5,7-8H2,1H3. The summed E-state index contributed by atoms with van der Waals surface area (Å²) in [5.41, 5.74) is 1.43. The van der Waals surface area contributed by atoms with Crippen LogP contribution in [0.15, 0.2) is 18.3 Å². The van der Waals surface area contributed by atoms with Crippen molar-refractivity contribution in [2.75, 3.05) is 13.1 Å². The van der Waals surface area contributed by atoms with Crippen molar-refractivity contribution in [2.45, 2.75) is 19.8 Å². The van der Waals surface area contributed by atoms with Gasteiger partial charge in [-0.05, 0) is 31.4 Å². The zero-order valence-corrected chi connectivity index (χ0v) is 9.89. The highest BCUT2D eigenvalue weighted by molar-refractivity contribution is 5.93. The SMILES string of the molecule is Cc1cccnc1C(=O)N1CCC(C#N)CC1. The van der Waals surface area contributed by atoms with Gasteiger partial charge < -0.3 is 4.90 Å². The van der Waals surface area contributed by atoms with Gasteiger partial charge in [0.05, 0.1) is 6.07 Å². The van der Waals surface area contributed by atoms with Crippen molar-refractivity contribution in [1.82, 2.24) is 9.88 Å². The molecule has 1 fully saturated rings. The van der Waals surface area contributed by atoms with Crippen LogP contribution in [0.3, 0.4) is 0 Å². The van der Waals surface area contributed by atoms with Crippen molar-refractivity contribution in [1.29, 1.82) is 5.26 Å². The topological polar surface area (TPSA) is 57.0 Å². The highest BCUT2D eigenvalue weighted by Gasteiger charge is 2.24. The van der Waals surface area contributed by atoms with Gasteiger partial charge >= 0.3 is 0 Å². The van der Waals surface area contributed by atoms with Crippen LogP contribution >= 0.6 is 0 Å². The van der Waals surface area contributed by atoms with E-state index in [1.165, 1.54) is 0 Å². The third-order valence-electron chi connectivity index (χ3n) is 3.18. The van der Waals surface area contributed by atoms with Gasteiger partial charge in [-0.1, -0.05) is 6.07 Å². The second-order valence-electron chi connectivity index (χ2n) is 4.36. The van der Waals surface area contributed by atoms with Crippen molar-refractivity contribution in [2.24, 2.45) is 5.92 Å². The fourth-order valence-corrected chi connectivity index (χ4v) is 2.07. The van der Waals surface area contributed by atoms with E-state index in [-0.39, 0.29) is 11.8 Å². The fraction of sp³-hybridized carbons (Fsp3) is 0.462. The molecule has 17 heavy (non-hydrogen) atoms. The molecule has 2 heterocycles.